The summed E-state index contributed by atoms with van der Waals surface area (Å²) in [6.45, 7) is 9.71. The number of nitrogens with zero attached hydrogens (tertiary/aromatic N) is 4. The van der Waals surface area contributed by atoms with Gasteiger partial charge in [-0.2, -0.15) is 5.10 Å². The van der Waals surface area contributed by atoms with Crippen molar-refractivity contribution in [3.05, 3.63) is 59.6 Å². The van der Waals surface area contributed by atoms with Gasteiger partial charge in [0.15, 0.2) is 0 Å². The second-order valence-corrected chi connectivity index (χ2v) is 7.31. The second kappa shape index (κ2) is 9.04. The molecule has 8 heteroatoms. The number of nitrogens with one attached hydrogen (secondary N) is 1. The Morgan fingerprint density at radius 3 is 2.70 bits per heavy atom. The van der Waals surface area contributed by atoms with Crippen molar-refractivity contribution in [1.82, 2.24) is 25.7 Å². The Morgan fingerprint density at radius 2 is 2.00 bits per heavy atom. The van der Waals surface area contributed by atoms with Gasteiger partial charge in [0.05, 0.1) is 11.3 Å². The molecule has 8 nitrogen and oxygen atoms in total. The molecular formula is C22H25N5O3. The third kappa shape index (κ3) is 4.65. The molecular weight excluding hydrogens is 382 g/mol. The van der Waals surface area contributed by atoms with Crippen LogP contribution in [0.1, 0.15) is 35.4 Å². The monoisotopic (exact) mass is 407 g/mol. The van der Waals surface area contributed by atoms with Gasteiger partial charge in [0.2, 0.25) is 5.88 Å². The van der Waals surface area contributed by atoms with Crippen molar-refractivity contribution >= 4 is 5.70 Å². The largest absolute Gasteiger partial charge is 0.473 e. The summed E-state index contributed by atoms with van der Waals surface area (Å²) in [5.41, 5.74) is 4.74. The lowest BCUT2D eigenvalue weighted by atomic mass is 10.1. The average molecular weight is 407 g/mol. The highest BCUT2D eigenvalue weighted by molar-refractivity contribution is 5.61. The number of aryl methyl sites for hydroxylation is 2. The first kappa shape index (κ1) is 20.0. The smallest absolute Gasteiger partial charge is 0.213 e. The fraction of sp³-hybridized carbons (Fsp3) is 0.364. The molecule has 30 heavy (non-hydrogen) atoms. The lowest BCUT2D eigenvalue weighted by molar-refractivity contribution is 0.0819. The predicted molar refractivity (Wildman–Crippen MR) is 112 cm³/mol. The van der Waals surface area contributed by atoms with E-state index in [-0.39, 0.29) is 6.61 Å². The van der Waals surface area contributed by atoms with Gasteiger partial charge in [-0.05, 0) is 44.9 Å². The fourth-order valence-corrected chi connectivity index (χ4v) is 3.25. The molecule has 0 saturated carbocycles. The Kier molecular flexibility index (Phi) is 6.04. The summed E-state index contributed by atoms with van der Waals surface area (Å²) in [4.78, 5) is 4.41. The van der Waals surface area contributed by atoms with Crippen molar-refractivity contribution in [2.75, 3.05) is 13.2 Å². The van der Waals surface area contributed by atoms with E-state index in [2.05, 4.69) is 32.2 Å². The summed E-state index contributed by atoms with van der Waals surface area (Å²) < 4.78 is 16.6. The molecule has 1 fully saturated rings. The lowest BCUT2D eigenvalue weighted by Gasteiger charge is -2.25. The Morgan fingerprint density at radius 1 is 1.17 bits per heavy atom. The first-order chi connectivity index (χ1) is 14.6. The quantitative estimate of drug-likeness (QED) is 0.636. The summed E-state index contributed by atoms with van der Waals surface area (Å²) in [7, 11) is 0. The molecule has 0 unspecified atom stereocenters. The van der Waals surface area contributed by atoms with Gasteiger partial charge >= 0.3 is 0 Å². The van der Waals surface area contributed by atoms with E-state index in [4.69, 9.17) is 14.0 Å². The van der Waals surface area contributed by atoms with Gasteiger partial charge in [-0.1, -0.05) is 11.7 Å². The number of hydrogen-bond acceptors (Lipinski definition) is 8. The number of pyridine rings is 1. The topological polar surface area (TPSA) is 95.2 Å². The van der Waals surface area contributed by atoms with Gasteiger partial charge in [0, 0.05) is 42.8 Å². The molecule has 0 bridgehead atoms. The number of hydrogen-bond donors (Lipinski definition) is 1. The van der Waals surface area contributed by atoms with Gasteiger partial charge in [-0.3, -0.25) is 0 Å². The van der Waals surface area contributed by atoms with Gasteiger partial charge in [0.25, 0.3) is 0 Å². The standard InChI is InChI=1S/C22H25N5O3/c1-14-4-6-20(26-25-14)22-19(16(3)30-27-22)13-29-21-7-5-17(12-23-21)15(2)24-18-8-10-28-11-9-18/h4-7,12,18,24H,2,8-11,13H2,1,3H3. The van der Waals surface area contributed by atoms with Crippen LogP contribution in [-0.4, -0.2) is 39.6 Å². The van der Waals surface area contributed by atoms with E-state index in [0.717, 1.165) is 48.6 Å². The van der Waals surface area contributed by atoms with Crippen LogP contribution < -0.4 is 10.1 Å². The zero-order chi connectivity index (χ0) is 20.9. The van der Waals surface area contributed by atoms with Gasteiger partial charge in [-0.15, -0.1) is 5.10 Å². The Balaban J connectivity index is 1.39. The molecule has 1 aliphatic rings. The third-order valence-corrected chi connectivity index (χ3v) is 5.07. The first-order valence-corrected chi connectivity index (χ1v) is 9.98. The highest BCUT2D eigenvalue weighted by atomic mass is 16.5. The Bertz CT molecular complexity index is 993. The molecule has 1 saturated heterocycles. The zero-order valence-corrected chi connectivity index (χ0v) is 17.2. The molecule has 0 amide bonds. The van der Waals surface area contributed by atoms with E-state index in [1.807, 2.05) is 38.1 Å². The molecule has 0 radical (unpaired) electrons. The SMILES string of the molecule is C=C(NC1CCOCC1)c1ccc(OCc2c(-c3ccc(C)nn3)noc2C)nc1. The maximum atomic E-state index is 5.88. The minimum Gasteiger partial charge on any atom is -0.473 e. The normalized spacial score (nSPS) is 14.5. The van der Waals surface area contributed by atoms with E-state index in [9.17, 15) is 0 Å². The van der Waals surface area contributed by atoms with Crippen molar-refractivity contribution in [3.8, 4) is 17.3 Å². The minimum absolute atomic E-state index is 0.272. The Hall–Kier alpha value is -3.26. The molecule has 0 aromatic carbocycles. The highest BCUT2D eigenvalue weighted by Crippen LogP contribution is 2.25. The van der Waals surface area contributed by atoms with Crippen LogP contribution >= 0.6 is 0 Å². The maximum absolute atomic E-state index is 5.88. The molecule has 1 N–H and O–H groups in total. The molecule has 1 aliphatic heterocycles. The van der Waals surface area contributed by atoms with Gasteiger partial charge < -0.3 is 19.3 Å². The molecule has 4 heterocycles. The van der Waals surface area contributed by atoms with E-state index in [1.54, 1.807) is 6.20 Å². The van der Waals surface area contributed by atoms with Crippen LogP contribution in [0.25, 0.3) is 17.1 Å². The highest BCUT2D eigenvalue weighted by Gasteiger charge is 2.18. The molecule has 0 spiro atoms. The van der Waals surface area contributed by atoms with E-state index in [1.165, 1.54) is 0 Å². The second-order valence-electron chi connectivity index (χ2n) is 7.31. The number of aromatic nitrogens is 4. The van der Waals surface area contributed by atoms with Crippen LogP contribution in [0.4, 0.5) is 0 Å². The van der Waals surface area contributed by atoms with Crippen molar-refractivity contribution < 1.29 is 14.0 Å². The average Bonchev–Trinajstić information content (AvgIpc) is 3.14. The van der Waals surface area contributed by atoms with Crippen molar-refractivity contribution in [2.24, 2.45) is 0 Å². The predicted octanol–water partition coefficient (Wildman–Crippen LogP) is 3.46. The van der Waals surface area contributed by atoms with Crippen LogP contribution in [0.15, 0.2) is 41.6 Å². The molecule has 3 aromatic heterocycles. The van der Waals surface area contributed by atoms with Crippen LogP contribution in [0.3, 0.4) is 0 Å². The molecule has 156 valence electrons. The number of ether oxygens (including phenoxy) is 2. The minimum atomic E-state index is 0.272. The van der Waals surface area contributed by atoms with Crippen LogP contribution in [0.2, 0.25) is 0 Å². The summed E-state index contributed by atoms with van der Waals surface area (Å²) >= 11 is 0. The van der Waals surface area contributed by atoms with E-state index >= 15 is 0 Å². The third-order valence-electron chi connectivity index (χ3n) is 5.07. The summed E-state index contributed by atoms with van der Waals surface area (Å²) in [6, 6.07) is 7.93. The van der Waals surface area contributed by atoms with E-state index in [0.29, 0.717) is 29.1 Å². The van der Waals surface area contributed by atoms with Crippen LogP contribution in [0.5, 0.6) is 5.88 Å². The summed E-state index contributed by atoms with van der Waals surface area (Å²) in [5.74, 6) is 1.19. The lowest BCUT2D eigenvalue weighted by Crippen LogP contribution is -2.33. The van der Waals surface area contributed by atoms with Crippen molar-refractivity contribution in [3.63, 3.8) is 0 Å². The summed E-state index contributed by atoms with van der Waals surface area (Å²) in [5, 5.41) is 15.8. The van der Waals surface area contributed by atoms with Crippen LogP contribution in [-0.2, 0) is 11.3 Å². The van der Waals surface area contributed by atoms with Crippen molar-refractivity contribution in [2.45, 2.75) is 39.3 Å². The fourth-order valence-electron chi connectivity index (χ4n) is 3.25. The van der Waals surface area contributed by atoms with Gasteiger partial charge in [0.1, 0.15) is 23.8 Å². The van der Waals surface area contributed by atoms with E-state index < -0.39 is 0 Å². The molecule has 4 rings (SSSR count). The molecule has 0 atom stereocenters. The first-order valence-electron chi connectivity index (χ1n) is 9.98. The Labute approximate surface area is 175 Å². The molecule has 0 aliphatic carbocycles. The van der Waals surface area contributed by atoms with Crippen molar-refractivity contribution in [1.29, 1.82) is 0 Å². The van der Waals surface area contributed by atoms with Crippen LogP contribution in [0, 0.1) is 13.8 Å². The maximum Gasteiger partial charge on any atom is 0.213 e. The summed E-state index contributed by atoms with van der Waals surface area (Å²) in [6.07, 6.45) is 3.73. The van der Waals surface area contributed by atoms with Gasteiger partial charge in [-0.25, -0.2) is 4.98 Å². The zero-order valence-electron chi connectivity index (χ0n) is 17.2. The molecule has 3 aromatic rings. The number of rotatable bonds is 7.